The molecule has 1 amide bonds. The molecule has 0 spiro atoms. The van der Waals surface area contributed by atoms with Gasteiger partial charge >= 0.3 is 0 Å². The summed E-state index contributed by atoms with van der Waals surface area (Å²) in [6.07, 6.45) is 0. The number of carbonyl (C=O) groups is 1. The highest BCUT2D eigenvalue weighted by Gasteiger charge is 2.12. The minimum absolute atomic E-state index is 0.171. The van der Waals surface area contributed by atoms with E-state index in [-0.39, 0.29) is 17.8 Å². The van der Waals surface area contributed by atoms with E-state index >= 15 is 0 Å². The molecule has 0 saturated carbocycles. The summed E-state index contributed by atoms with van der Waals surface area (Å²) in [7, 11) is 0. The van der Waals surface area contributed by atoms with Crippen molar-refractivity contribution < 1.29 is 9.18 Å². The lowest BCUT2D eigenvalue weighted by Crippen LogP contribution is -2.31. The number of hydrogen-bond donors (Lipinski definition) is 2. The summed E-state index contributed by atoms with van der Waals surface area (Å²) in [6.45, 7) is 1.77. The first-order valence-electron chi connectivity index (χ1n) is 6.13. The number of anilines is 2. The molecule has 0 unspecified atom stereocenters. The maximum Gasteiger partial charge on any atom is 0.246 e. The third-order valence-electron chi connectivity index (χ3n) is 2.73. The molecule has 2 aromatic carbocycles. The molecule has 0 aliphatic heterocycles. The van der Waals surface area contributed by atoms with E-state index in [1.54, 1.807) is 6.92 Å². The quantitative estimate of drug-likeness (QED) is 0.786. The summed E-state index contributed by atoms with van der Waals surface area (Å²) < 4.78 is 13.9. The third kappa shape index (κ3) is 4.19. The van der Waals surface area contributed by atoms with Crippen LogP contribution in [0.4, 0.5) is 15.8 Å². The van der Waals surface area contributed by atoms with Crippen LogP contribution in [0, 0.1) is 9.39 Å². The van der Waals surface area contributed by atoms with Crippen molar-refractivity contribution >= 4 is 39.9 Å². The summed E-state index contributed by atoms with van der Waals surface area (Å²) in [6, 6.07) is 13.1. The van der Waals surface area contributed by atoms with Crippen molar-refractivity contribution in [1.29, 1.82) is 0 Å². The highest BCUT2D eigenvalue weighted by Crippen LogP contribution is 2.13. The molecule has 0 saturated heterocycles. The van der Waals surface area contributed by atoms with Crippen molar-refractivity contribution in [2.75, 3.05) is 10.6 Å². The molecule has 3 nitrogen and oxygen atoms in total. The molecule has 2 aromatic rings. The zero-order valence-electron chi connectivity index (χ0n) is 10.9. The van der Waals surface area contributed by atoms with Crippen LogP contribution in [0.1, 0.15) is 6.92 Å². The predicted octanol–water partition coefficient (Wildman–Crippen LogP) is 3.87. The van der Waals surface area contributed by atoms with Crippen molar-refractivity contribution in [3.05, 3.63) is 57.9 Å². The van der Waals surface area contributed by atoms with Crippen LogP contribution in [0.15, 0.2) is 48.5 Å². The predicted molar refractivity (Wildman–Crippen MR) is 87.3 cm³/mol. The van der Waals surface area contributed by atoms with E-state index in [0.717, 1.165) is 9.26 Å². The first-order chi connectivity index (χ1) is 9.54. The van der Waals surface area contributed by atoms with Crippen molar-refractivity contribution in [2.45, 2.75) is 13.0 Å². The highest BCUT2D eigenvalue weighted by molar-refractivity contribution is 14.1. The number of hydrogen-bond acceptors (Lipinski definition) is 2. The number of halogens is 2. The summed E-state index contributed by atoms with van der Waals surface area (Å²) >= 11 is 2.22. The lowest BCUT2D eigenvalue weighted by atomic mass is 10.2. The lowest BCUT2D eigenvalue weighted by Gasteiger charge is -2.15. The van der Waals surface area contributed by atoms with E-state index in [0.29, 0.717) is 5.69 Å². The summed E-state index contributed by atoms with van der Waals surface area (Å²) in [5.74, 6) is -0.497. The standard InChI is InChI=1S/C15H14FIN2O/c1-10(18-13-8-4-12(17)5-9-13)15(20)19-14-6-2-11(16)3-7-14/h2-10,18H,1H3,(H,19,20)/t10-/m0/s1. The molecular formula is C15H14FIN2O. The van der Waals surface area contributed by atoms with Gasteiger partial charge in [0.15, 0.2) is 0 Å². The fraction of sp³-hybridized carbons (Fsp3) is 0.133. The minimum atomic E-state index is -0.389. The van der Waals surface area contributed by atoms with E-state index in [1.165, 1.54) is 24.3 Å². The smallest absolute Gasteiger partial charge is 0.246 e. The fourth-order valence-corrected chi connectivity index (χ4v) is 2.00. The third-order valence-corrected chi connectivity index (χ3v) is 3.45. The van der Waals surface area contributed by atoms with Crippen LogP contribution < -0.4 is 10.6 Å². The van der Waals surface area contributed by atoms with Gasteiger partial charge in [-0.25, -0.2) is 4.39 Å². The number of nitrogens with one attached hydrogen (secondary N) is 2. The summed E-state index contributed by atoms with van der Waals surface area (Å²) in [4.78, 5) is 12.0. The Kier molecular flexibility index (Phi) is 4.94. The Hall–Kier alpha value is -1.63. The van der Waals surface area contributed by atoms with Crippen LogP contribution in [0.5, 0.6) is 0 Å². The first-order valence-corrected chi connectivity index (χ1v) is 7.21. The monoisotopic (exact) mass is 384 g/mol. The molecule has 20 heavy (non-hydrogen) atoms. The van der Waals surface area contributed by atoms with Crippen LogP contribution in [-0.4, -0.2) is 11.9 Å². The minimum Gasteiger partial charge on any atom is -0.374 e. The van der Waals surface area contributed by atoms with Crippen molar-refractivity contribution in [1.82, 2.24) is 0 Å². The molecule has 2 N–H and O–H groups in total. The van der Waals surface area contributed by atoms with Crippen molar-refractivity contribution in [3.63, 3.8) is 0 Å². The van der Waals surface area contributed by atoms with Crippen molar-refractivity contribution in [2.24, 2.45) is 0 Å². The molecular weight excluding hydrogens is 370 g/mol. The number of carbonyl (C=O) groups excluding carboxylic acids is 1. The summed E-state index contributed by atoms with van der Waals surface area (Å²) in [5.41, 5.74) is 1.46. The van der Waals surface area contributed by atoms with Gasteiger partial charge in [-0.3, -0.25) is 4.79 Å². The Morgan fingerprint density at radius 1 is 1.05 bits per heavy atom. The molecule has 5 heteroatoms. The Labute approximate surface area is 130 Å². The van der Waals surface area contributed by atoms with Crippen LogP contribution in [-0.2, 0) is 4.79 Å². The maximum atomic E-state index is 12.8. The number of benzene rings is 2. The average molecular weight is 384 g/mol. The van der Waals surface area contributed by atoms with Gasteiger partial charge in [-0.05, 0) is 78.0 Å². The molecule has 1 atom stereocenters. The zero-order chi connectivity index (χ0) is 14.5. The Balaban J connectivity index is 1.94. The summed E-state index contributed by atoms with van der Waals surface area (Å²) in [5, 5.41) is 5.84. The Bertz CT molecular complexity index is 584. The normalized spacial score (nSPS) is 11.8. The topological polar surface area (TPSA) is 41.1 Å². The molecule has 0 bridgehead atoms. The van der Waals surface area contributed by atoms with Gasteiger partial charge in [0.1, 0.15) is 11.9 Å². The van der Waals surface area contributed by atoms with Gasteiger partial charge in [-0.15, -0.1) is 0 Å². The van der Waals surface area contributed by atoms with E-state index < -0.39 is 0 Å². The molecule has 0 radical (unpaired) electrons. The molecule has 104 valence electrons. The number of amides is 1. The van der Waals surface area contributed by atoms with E-state index in [2.05, 4.69) is 33.2 Å². The molecule has 0 aliphatic carbocycles. The molecule has 2 rings (SSSR count). The second-order valence-electron chi connectivity index (χ2n) is 4.37. The van der Waals surface area contributed by atoms with Crippen LogP contribution >= 0.6 is 22.6 Å². The Morgan fingerprint density at radius 3 is 2.20 bits per heavy atom. The van der Waals surface area contributed by atoms with E-state index in [9.17, 15) is 9.18 Å². The SMILES string of the molecule is C[C@H](Nc1ccc(I)cc1)C(=O)Nc1ccc(F)cc1. The second-order valence-corrected chi connectivity index (χ2v) is 5.61. The lowest BCUT2D eigenvalue weighted by molar-refractivity contribution is -0.116. The van der Waals surface area contributed by atoms with Gasteiger partial charge in [0, 0.05) is 14.9 Å². The van der Waals surface area contributed by atoms with Crippen LogP contribution in [0.25, 0.3) is 0 Å². The Morgan fingerprint density at radius 2 is 1.60 bits per heavy atom. The van der Waals surface area contributed by atoms with Crippen LogP contribution in [0.2, 0.25) is 0 Å². The molecule has 0 heterocycles. The first kappa shape index (κ1) is 14.8. The number of rotatable bonds is 4. The fourth-order valence-electron chi connectivity index (χ4n) is 1.65. The molecule has 0 aliphatic rings. The van der Waals surface area contributed by atoms with Gasteiger partial charge in [0.25, 0.3) is 0 Å². The maximum absolute atomic E-state index is 12.8. The van der Waals surface area contributed by atoms with Gasteiger partial charge in [-0.2, -0.15) is 0 Å². The largest absolute Gasteiger partial charge is 0.374 e. The molecule has 0 aromatic heterocycles. The highest BCUT2D eigenvalue weighted by atomic mass is 127. The van der Waals surface area contributed by atoms with Gasteiger partial charge in [-0.1, -0.05) is 0 Å². The average Bonchev–Trinajstić information content (AvgIpc) is 2.44. The van der Waals surface area contributed by atoms with E-state index in [4.69, 9.17) is 0 Å². The van der Waals surface area contributed by atoms with Crippen molar-refractivity contribution in [3.8, 4) is 0 Å². The second kappa shape index (κ2) is 6.69. The van der Waals surface area contributed by atoms with Gasteiger partial charge in [0.05, 0.1) is 0 Å². The van der Waals surface area contributed by atoms with Gasteiger partial charge < -0.3 is 10.6 Å². The zero-order valence-corrected chi connectivity index (χ0v) is 13.0. The molecule has 0 fully saturated rings. The van der Waals surface area contributed by atoms with E-state index in [1.807, 2.05) is 24.3 Å². The van der Waals surface area contributed by atoms with Crippen LogP contribution in [0.3, 0.4) is 0 Å². The van der Waals surface area contributed by atoms with Gasteiger partial charge in [0.2, 0.25) is 5.91 Å².